The number of aliphatic carboxylic acids is 1. The number of aromatic nitrogens is 3. The molecule has 1 aromatic heterocycles. The highest BCUT2D eigenvalue weighted by molar-refractivity contribution is 5.94. The van der Waals surface area contributed by atoms with Gasteiger partial charge in [0.25, 0.3) is 5.91 Å². The number of carbonyl (C=O) groups excluding carboxylic acids is 2. The summed E-state index contributed by atoms with van der Waals surface area (Å²) in [7, 11) is 1.49. The van der Waals surface area contributed by atoms with Crippen LogP contribution in [0.1, 0.15) is 23.8 Å². The van der Waals surface area contributed by atoms with Crippen LogP contribution in [-0.4, -0.2) is 62.9 Å². The first-order valence-corrected chi connectivity index (χ1v) is 6.09. The van der Waals surface area contributed by atoms with Crippen LogP contribution in [0.2, 0.25) is 0 Å². The van der Waals surface area contributed by atoms with E-state index in [2.05, 4.69) is 15.6 Å². The molecule has 0 aliphatic rings. The summed E-state index contributed by atoms with van der Waals surface area (Å²) in [6.07, 6.45) is 1.94. The Bertz CT molecular complexity index is 499. The van der Waals surface area contributed by atoms with Crippen molar-refractivity contribution in [3.05, 3.63) is 11.9 Å². The Labute approximate surface area is 115 Å². The van der Waals surface area contributed by atoms with Crippen LogP contribution < -0.4 is 5.32 Å². The number of carbonyl (C=O) groups is 3. The second-order valence-corrected chi connectivity index (χ2v) is 4.09. The van der Waals surface area contributed by atoms with Crippen molar-refractivity contribution in [2.45, 2.75) is 19.9 Å². The predicted molar refractivity (Wildman–Crippen MR) is 67.9 cm³/mol. The van der Waals surface area contributed by atoms with Gasteiger partial charge < -0.3 is 15.3 Å². The minimum Gasteiger partial charge on any atom is -0.480 e. The van der Waals surface area contributed by atoms with Crippen molar-refractivity contribution in [3.63, 3.8) is 0 Å². The average Bonchev–Trinajstić information content (AvgIpc) is 2.84. The Morgan fingerprint density at radius 3 is 2.70 bits per heavy atom. The molecule has 1 heterocycles. The third kappa shape index (κ3) is 4.34. The normalized spacial score (nSPS) is 10.1. The predicted octanol–water partition coefficient (Wildman–Crippen LogP) is -1.04. The summed E-state index contributed by atoms with van der Waals surface area (Å²) in [5.74, 6) is -1.82. The summed E-state index contributed by atoms with van der Waals surface area (Å²) >= 11 is 0. The van der Waals surface area contributed by atoms with Gasteiger partial charge in [0.2, 0.25) is 5.91 Å². The number of rotatable bonds is 7. The molecule has 1 rings (SSSR count). The molecular formula is C11H17N5O4. The molecule has 1 aromatic rings. The number of amides is 2. The van der Waals surface area contributed by atoms with Gasteiger partial charge in [-0.1, -0.05) is 12.1 Å². The first-order chi connectivity index (χ1) is 9.47. The number of nitrogens with zero attached hydrogens (tertiary/aromatic N) is 4. The number of hydrogen-bond acceptors (Lipinski definition) is 5. The van der Waals surface area contributed by atoms with E-state index in [1.165, 1.54) is 18.1 Å². The van der Waals surface area contributed by atoms with Crippen LogP contribution in [0.5, 0.6) is 0 Å². The Morgan fingerprint density at radius 1 is 1.45 bits per heavy atom. The molecule has 0 atom stereocenters. The van der Waals surface area contributed by atoms with E-state index in [-0.39, 0.29) is 24.7 Å². The zero-order chi connectivity index (χ0) is 15.1. The number of nitrogens with one attached hydrogen (secondary N) is 1. The largest absolute Gasteiger partial charge is 0.480 e. The Morgan fingerprint density at radius 2 is 2.15 bits per heavy atom. The van der Waals surface area contributed by atoms with Crippen LogP contribution in [0.3, 0.4) is 0 Å². The van der Waals surface area contributed by atoms with E-state index < -0.39 is 11.9 Å². The summed E-state index contributed by atoms with van der Waals surface area (Å²) in [5, 5.41) is 18.3. The first kappa shape index (κ1) is 15.6. The standard InChI is InChI=1S/C11H17N5O4/c1-3-4-15(6-9(17)12-2)11(20)8-5-16(14-13-8)7-10(18)19/h5H,3-4,6-7H2,1-2H3,(H,12,17)(H,18,19). The summed E-state index contributed by atoms with van der Waals surface area (Å²) in [6, 6.07) is 0. The minimum absolute atomic E-state index is 0.0172. The fourth-order valence-corrected chi connectivity index (χ4v) is 1.55. The highest BCUT2D eigenvalue weighted by atomic mass is 16.4. The lowest BCUT2D eigenvalue weighted by atomic mass is 10.3. The van der Waals surface area contributed by atoms with E-state index in [1.54, 1.807) is 0 Å². The molecule has 0 saturated carbocycles. The molecule has 9 nitrogen and oxygen atoms in total. The van der Waals surface area contributed by atoms with Crippen molar-refractivity contribution in [1.29, 1.82) is 0 Å². The van der Waals surface area contributed by atoms with Crippen molar-refractivity contribution in [3.8, 4) is 0 Å². The van der Waals surface area contributed by atoms with Gasteiger partial charge in [-0.2, -0.15) is 0 Å². The van der Waals surface area contributed by atoms with Crippen LogP contribution in [0.15, 0.2) is 6.20 Å². The lowest BCUT2D eigenvalue weighted by molar-refractivity contribution is -0.137. The maximum atomic E-state index is 12.2. The number of carboxylic acids is 1. The van der Waals surface area contributed by atoms with E-state index in [9.17, 15) is 14.4 Å². The molecule has 110 valence electrons. The summed E-state index contributed by atoms with van der Waals surface area (Å²) < 4.78 is 1.06. The summed E-state index contributed by atoms with van der Waals surface area (Å²) in [6.45, 7) is 1.84. The molecule has 0 fully saturated rings. The second-order valence-electron chi connectivity index (χ2n) is 4.09. The van der Waals surface area contributed by atoms with Crippen molar-refractivity contribution < 1.29 is 19.5 Å². The van der Waals surface area contributed by atoms with Crippen molar-refractivity contribution >= 4 is 17.8 Å². The maximum absolute atomic E-state index is 12.2. The van der Waals surface area contributed by atoms with Gasteiger partial charge in [-0.05, 0) is 6.42 Å². The molecule has 2 amide bonds. The zero-order valence-electron chi connectivity index (χ0n) is 11.4. The lowest BCUT2D eigenvalue weighted by Crippen LogP contribution is -2.40. The van der Waals surface area contributed by atoms with Gasteiger partial charge in [0.05, 0.1) is 12.7 Å². The average molecular weight is 283 g/mol. The third-order valence-electron chi connectivity index (χ3n) is 2.45. The van der Waals surface area contributed by atoms with Gasteiger partial charge in [0, 0.05) is 13.6 Å². The molecule has 0 unspecified atom stereocenters. The van der Waals surface area contributed by atoms with Crippen LogP contribution in [0.25, 0.3) is 0 Å². The monoisotopic (exact) mass is 283 g/mol. The molecule has 2 N–H and O–H groups in total. The van der Waals surface area contributed by atoms with Gasteiger partial charge in [-0.15, -0.1) is 5.10 Å². The Balaban J connectivity index is 2.80. The van der Waals surface area contributed by atoms with Crippen molar-refractivity contribution in [2.75, 3.05) is 20.1 Å². The number of likely N-dealkylation sites (N-methyl/N-ethyl adjacent to an activating group) is 1. The molecule has 9 heteroatoms. The van der Waals surface area contributed by atoms with Gasteiger partial charge in [0.1, 0.15) is 6.54 Å². The molecule has 0 aliphatic carbocycles. The van der Waals surface area contributed by atoms with E-state index in [4.69, 9.17) is 5.11 Å². The van der Waals surface area contributed by atoms with Crippen molar-refractivity contribution in [1.82, 2.24) is 25.2 Å². The van der Waals surface area contributed by atoms with Gasteiger partial charge in [-0.3, -0.25) is 14.4 Å². The molecule has 0 spiro atoms. The molecule has 0 aliphatic heterocycles. The Hall–Kier alpha value is -2.45. The van der Waals surface area contributed by atoms with Crippen LogP contribution in [0.4, 0.5) is 0 Å². The second kappa shape index (κ2) is 7.22. The zero-order valence-corrected chi connectivity index (χ0v) is 11.4. The van der Waals surface area contributed by atoms with E-state index in [0.717, 1.165) is 4.68 Å². The fraction of sp³-hybridized carbons (Fsp3) is 0.545. The summed E-state index contributed by atoms with van der Waals surface area (Å²) in [4.78, 5) is 35.4. The smallest absolute Gasteiger partial charge is 0.325 e. The first-order valence-electron chi connectivity index (χ1n) is 6.09. The molecule has 20 heavy (non-hydrogen) atoms. The van der Waals surface area contributed by atoms with Crippen molar-refractivity contribution in [2.24, 2.45) is 0 Å². The topological polar surface area (TPSA) is 117 Å². The highest BCUT2D eigenvalue weighted by Gasteiger charge is 2.20. The van der Waals surface area contributed by atoms with Crippen LogP contribution in [-0.2, 0) is 16.1 Å². The van der Waals surface area contributed by atoms with Gasteiger partial charge in [0.15, 0.2) is 5.69 Å². The molecule has 0 radical (unpaired) electrons. The van der Waals surface area contributed by atoms with E-state index in [0.29, 0.717) is 13.0 Å². The van der Waals surface area contributed by atoms with Crippen LogP contribution in [0, 0.1) is 0 Å². The Kier molecular flexibility index (Phi) is 5.63. The third-order valence-corrected chi connectivity index (χ3v) is 2.45. The van der Waals surface area contributed by atoms with Gasteiger partial charge in [-0.25, -0.2) is 4.68 Å². The number of carboxylic acid groups (broad SMARTS) is 1. The summed E-state index contributed by atoms with van der Waals surface area (Å²) in [5.41, 5.74) is 0.0172. The highest BCUT2D eigenvalue weighted by Crippen LogP contribution is 2.02. The quantitative estimate of drug-likeness (QED) is 0.660. The van der Waals surface area contributed by atoms with Gasteiger partial charge >= 0.3 is 5.97 Å². The lowest BCUT2D eigenvalue weighted by Gasteiger charge is -2.19. The van der Waals surface area contributed by atoms with E-state index in [1.807, 2.05) is 6.92 Å². The number of hydrogen-bond donors (Lipinski definition) is 2. The molecular weight excluding hydrogens is 266 g/mol. The minimum atomic E-state index is -1.08. The molecule has 0 saturated heterocycles. The molecule has 0 bridgehead atoms. The van der Waals surface area contributed by atoms with E-state index >= 15 is 0 Å². The maximum Gasteiger partial charge on any atom is 0.325 e. The SMILES string of the molecule is CCCN(CC(=O)NC)C(=O)c1cn(CC(=O)O)nn1. The molecule has 0 aromatic carbocycles. The van der Waals surface area contributed by atoms with Crippen LogP contribution >= 0.6 is 0 Å². The fourth-order valence-electron chi connectivity index (χ4n) is 1.55.